The van der Waals surface area contributed by atoms with E-state index in [4.69, 9.17) is 9.47 Å². The molecule has 0 unspecified atom stereocenters. The second-order valence-corrected chi connectivity index (χ2v) is 8.91. The van der Waals surface area contributed by atoms with E-state index in [9.17, 15) is 13.2 Å². The van der Waals surface area contributed by atoms with Gasteiger partial charge >= 0.3 is 0 Å². The summed E-state index contributed by atoms with van der Waals surface area (Å²) in [4.78, 5) is 12.8. The summed E-state index contributed by atoms with van der Waals surface area (Å²) >= 11 is 0. The molecule has 0 radical (unpaired) electrons. The van der Waals surface area contributed by atoms with E-state index < -0.39 is 10.0 Å². The molecule has 1 amide bonds. The molecule has 0 bridgehead atoms. The van der Waals surface area contributed by atoms with E-state index in [2.05, 4.69) is 11.9 Å². The molecule has 28 heavy (non-hydrogen) atoms. The molecule has 7 nitrogen and oxygen atoms in total. The first-order valence-corrected chi connectivity index (χ1v) is 11.1. The highest BCUT2D eigenvalue weighted by Crippen LogP contribution is 2.33. The smallest absolute Gasteiger partial charge is 0.251 e. The molecular weight excluding hydrogens is 380 g/mol. The molecule has 0 saturated carbocycles. The number of hydrogen-bond donors (Lipinski definition) is 1. The first-order chi connectivity index (χ1) is 13.4. The van der Waals surface area contributed by atoms with Crippen LogP contribution in [0.5, 0.6) is 11.5 Å². The lowest BCUT2D eigenvalue weighted by molar-refractivity contribution is 0.0923. The minimum atomic E-state index is -3.19. The number of carbonyl (C=O) groups is 1. The van der Waals surface area contributed by atoms with Gasteiger partial charge in [-0.1, -0.05) is 13.0 Å². The molecule has 2 rings (SSSR count). The Morgan fingerprint density at radius 3 is 2.50 bits per heavy atom. The van der Waals surface area contributed by atoms with Crippen LogP contribution in [0.1, 0.15) is 42.1 Å². The summed E-state index contributed by atoms with van der Waals surface area (Å²) in [5.74, 6) is 1.05. The van der Waals surface area contributed by atoms with E-state index in [1.165, 1.54) is 11.4 Å². The fourth-order valence-electron chi connectivity index (χ4n) is 3.42. The molecule has 0 spiro atoms. The van der Waals surface area contributed by atoms with E-state index in [-0.39, 0.29) is 17.7 Å². The second-order valence-electron chi connectivity index (χ2n) is 6.83. The van der Waals surface area contributed by atoms with Gasteiger partial charge in [-0.15, -0.1) is 6.58 Å². The van der Waals surface area contributed by atoms with Crippen LogP contribution in [0.4, 0.5) is 0 Å². The maximum atomic E-state index is 12.8. The summed E-state index contributed by atoms with van der Waals surface area (Å²) in [6.45, 7) is 6.46. The molecule has 1 aromatic rings. The van der Waals surface area contributed by atoms with Gasteiger partial charge in [0.15, 0.2) is 11.5 Å². The van der Waals surface area contributed by atoms with Gasteiger partial charge in [0, 0.05) is 30.3 Å². The van der Waals surface area contributed by atoms with Crippen molar-refractivity contribution in [1.29, 1.82) is 0 Å². The van der Waals surface area contributed by atoms with Crippen molar-refractivity contribution in [3.05, 3.63) is 35.9 Å². The molecule has 0 aromatic heterocycles. The van der Waals surface area contributed by atoms with Gasteiger partial charge in [-0.25, -0.2) is 12.7 Å². The molecule has 8 heteroatoms. The van der Waals surface area contributed by atoms with Crippen molar-refractivity contribution in [2.45, 2.75) is 38.6 Å². The number of nitrogens with one attached hydrogen (secondary N) is 1. The average Bonchev–Trinajstić information content (AvgIpc) is 2.68. The monoisotopic (exact) mass is 410 g/mol. The number of sulfonamides is 1. The lowest BCUT2D eigenvalue weighted by Crippen LogP contribution is -2.47. The minimum Gasteiger partial charge on any atom is -0.493 e. The molecule has 156 valence electrons. The fraction of sp³-hybridized carbons (Fsp3) is 0.550. The van der Waals surface area contributed by atoms with E-state index in [1.54, 1.807) is 25.3 Å². The maximum Gasteiger partial charge on any atom is 0.251 e. The number of rotatable bonds is 9. The number of allylic oxidation sites excluding steroid dienone is 1. The average molecular weight is 411 g/mol. The zero-order chi connectivity index (χ0) is 20.7. The topological polar surface area (TPSA) is 84.9 Å². The number of piperidine rings is 1. The first-order valence-electron chi connectivity index (χ1n) is 9.50. The summed E-state index contributed by atoms with van der Waals surface area (Å²) < 4.78 is 36.6. The normalized spacial score (nSPS) is 15.8. The van der Waals surface area contributed by atoms with Crippen molar-refractivity contribution in [3.63, 3.8) is 0 Å². The quantitative estimate of drug-likeness (QED) is 0.632. The van der Waals surface area contributed by atoms with Crippen LogP contribution in [0, 0.1) is 0 Å². The van der Waals surface area contributed by atoms with Gasteiger partial charge in [0.1, 0.15) is 0 Å². The Morgan fingerprint density at radius 2 is 1.96 bits per heavy atom. The summed E-state index contributed by atoms with van der Waals surface area (Å²) in [6, 6.07) is 3.37. The molecule has 1 aliphatic rings. The van der Waals surface area contributed by atoms with E-state index >= 15 is 0 Å². The van der Waals surface area contributed by atoms with Crippen LogP contribution >= 0.6 is 0 Å². The second kappa shape index (κ2) is 9.93. The number of nitrogens with zero attached hydrogens (tertiary/aromatic N) is 1. The molecule has 1 saturated heterocycles. The third kappa shape index (κ3) is 5.26. The van der Waals surface area contributed by atoms with Crippen LogP contribution in [-0.2, 0) is 16.4 Å². The molecule has 1 aromatic carbocycles. The molecule has 1 aliphatic heterocycles. The number of hydrogen-bond acceptors (Lipinski definition) is 5. The SMILES string of the molecule is C=CCc1cc(C(=O)NC2CCN(S(=O)(=O)CCC)CC2)cc(OC)c1OC. The summed E-state index contributed by atoms with van der Waals surface area (Å²) in [5.41, 5.74) is 1.30. The van der Waals surface area contributed by atoms with Gasteiger partial charge in [0.05, 0.1) is 20.0 Å². The van der Waals surface area contributed by atoms with Crippen LogP contribution in [0.2, 0.25) is 0 Å². The van der Waals surface area contributed by atoms with Crippen LogP contribution < -0.4 is 14.8 Å². The molecule has 0 aliphatic carbocycles. The number of ether oxygens (including phenoxy) is 2. The number of carbonyl (C=O) groups excluding carboxylic acids is 1. The Labute approximate surface area is 167 Å². The predicted molar refractivity (Wildman–Crippen MR) is 110 cm³/mol. The maximum absolute atomic E-state index is 12.8. The van der Waals surface area contributed by atoms with E-state index in [0.29, 0.717) is 55.8 Å². The largest absolute Gasteiger partial charge is 0.493 e. The number of methoxy groups -OCH3 is 2. The Morgan fingerprint density at radius 1 is 1.29 bits per heavy atom. The summed E-state index contributed by atoms with van der Waals surface area (Å²) in [6.07, 6.45) is 4.09. The molecular formula is C20H30N2O5S. The van der Waals surface area contributed by atoms with Gasteiger partial charge in [-0.3, -0.25) is 4.79 Å². The lowest BCUT2D eigenvalue weighted by atomic mass is 10.0. The molecule has 1 heterocycles. The van der Waals surface area contributed by atoms with Crippen molar-refractivity contribution < 1.29 is 22.7 Å². The zero-order valence-corrected chi connectivity index (χ0v) is 17.7. The van der Waals surface area contributed by atoms with Gasteiger partial charge in [0.2, 0.25) is 10.0 Å². The lowest BCUT2D eigenvalue weighted by Gasteiger charge is -2.31. The number of amides is 1. The van der Waals surface area contributed by atoms with Crippen molar-refractivity contribution in [2.24, 2.45) is 0 Å². The van der Waals surface area contributed by atoms with Gasteiger partial charge in [-0.2, -0.15) is 0 Å². The van der Waals surface area contributed by atoms with Crippen LogP contribution in [0.3, 0.4) is 0 Å². The Hall–Kier alpha value is -2.06. The first kappa shape index (κ1) is 22.2. The van der Waals surface area contributed by atoms with Gasteiger partial charge in [0.25, 0.3) is 5.91 Å². The zero-order valence-electron chi connectivity index (χ0n) is 16.9. The van der Waals surface area contributed by atoms with Gasteiger partial charge in [-0.05, 0) is 37.8 Å². The van der Waals surface area contributed by atoms with Crippen molar-refractivity contribution in [1.82, 2.24) is 9.62 Å². The van der Waals surface area contributed by atoms with Crippen molar-refractivity contribution in [2.75, 3.05) is 33.1 Å². The van der Waals surface area contributed by atoms with Crippen molar-refractivity contribution >= 4 is 15.9 Å². The summed E-state index contributed by atoms with van der Waals surface area (Å²) in [5, 5.41) is 3.01. The highest BCUT2D eigenvalue weighted by Gasteiger charge is 2.28. The Balaban J connectivity index is 2.07. The highest BCUT2D eigenvalue weighted by molar-refractivity contribution is 7.89. The molecule has 0 atom stereocenters. The molecule has 1 N–H and O–H groups in total. The van der Waals surface area contributed by atoms with Crippen LogP contribution in [0.15, 0.2) is 24.8 Å². The third-order valence-corrected chi connectivity index (χ3v) is 6.90. The molecule has 1 fully saturated rings. The van der Waals surface area contributed by atoms with E-state index in [1.807, 2.05) is 6.92 Å². The Kier molecular flexibility index (Phi) is 7.88. The standard InChI is InChI=1S/C20H30N2O5S/c1-5-7-15-13-16(14-18(26-3)19(15)27-4)20(23)21-17-8-10-22(11-9-17)28(24,25)12-6-2/h5,13-14,17H,1,6-12H2,2-4H3,(H,21,23). The fourth-order valence-corrected chi connectivity index (χ4v) is 4.96. The van der Waals surface area contributed by atoms with Gasteiger partial charge < -0.3 is 14.8 Å². The summed E-state index contributed by atoms with van der Waals surface area (Å²) in [7, 11) is -0.0938. The van der Waals surface area contributed by atoms with Crippen LogP contribution in [-0.4, -0.2) is 57.7 Å². The third-order valence-electron chi connectivity index (χ3n) is 4.83. The number of benzene rings is 1. The predicted octanol–water partition coefficient (Wildman–Crippen LogP) is 2.37. The minimum absolute atomic E-state index is 0.0588. The van der Waals surface area contributed by atoms with Crippen molar-refractivity contribution in [3.8, 4) is 11.5 Å². The van der Waals surface area contributed by atoms with Crippen LogP contribution in [0.25, 0.3) is 0 Å². The van der Waals surface area contributed by atoms with E-state index in [0.717, 1.165) is 5.56 Å². The highest BCUT2D eigenvalue weighted by atomic mass is 32.2. The Bertz CT molecular complexity index is 799.